The highest BCUT2D eigenvalue weighted by molar-refractivity contribution is 7.99. The average molecular weight is 413 g/mol. The highest BCUT2D eigenvalue weighted by Gasteiger charge is 2.12. The van der Waals surface area contributed by atoms with E-state index in [1.807, 2.05) is 29.8 Å². The van der Waals surface area contributed by atoms with E-state index in [1.165, 1.54) is 23.9 Å². The van der Waals surface area contributed by atoms with E-state index in [9.17, 15) is 14.0 Å². The Morgan fingerprint density at radius 2 is 1.93 bits per heavy atom. The fraction of sp³-hybridized carbons (Fsp3) is 0.150. The zero-order valence-electron chi connectivity index (χ0n) is 15.7. The summed E-state index contributed by atoms with van der Waals surface area (Å²) >= 11 is 1.32. The number of hydrogen-bond acceptors (Lipinski definition) is 4. The van der Waals surface area contributed by atoms with Crippen LogP contribution in [0.5, 0.6) is 0 Å². The fourth-order valence-electron chi connectivity index (χ4n) is 2.44. The number of nitrogens with one attached hydrogen (secondary N) is 3. The Kier molecular flexibility index (Phi) is 6.85. The Bertz CT molecular complexity index is 994. The van der Waals surface area contributed by atoms with Crippen molar-refractivity contribution < 1.29 is 14.0 Å². The molecule has 1 aromatic heterocycles. The predicted octanol–water partition coefficient (Wildman–Crippen LogP) is 3.86. The predicted molar refractivity (Wildman–Crippen MR) is 110 cm³/mol. The smallest absolute Gasteiger partial charge is 0.319 e. The molecule has 0 unspecified atom stereocenters. The molecule has 0 saturated carbocycles. The average Bonchev–Trinajstić information content (AvgIpc) is 3.09. The molecule has 3 aromatic rings. The van der Waals surface area contributed by atoms with Crippen LogP contribution in [0, 0.1) is 5.82 Å². The number of para-hydroxylation sites is 1. The number of aryl methyl sites for hydroxylation is 1. The molecule has 0 aliphatic heterocycles. The minimum atomic E-state index is -0.454. The van der Waals surface area contributed by atoms with Crippen LogP contribution in [0.4, 0.5) is 20.6 Å². The van der Waals surface area contributed by atoms with Gasteiger partial charge in [0.05, 0.1) is 5.69 Å². The molecular weight excluding hydrogens is 393 g/mol. The summed E-state index contributed by atoms with van der Waals surface area (Å²) in [4.78, 5) is 29.0. The molecule has 2 aromatic carbocycles. The van der Waals surface area contributed by atoms with E-state index in [4.69, 9.17) is 0 Å². The van der Waals surface area contributed by atoms with Gasteiger partial charge in [-0.3, -0.25) is 4.79 Å². The molecule has 0 bridgehead atoms. The number of amides is 3. The van der Waals surface area contributed by atoms with Gasteiger partial charge in [0.1, 0.15) is 5.82 Å². The lowest BCUT2D eigenvalue weighted by Crippen LogP contribution is -2.31. The van der Waals surface area contributed by atoms with Gasteiger partial charge in [-0.15, -0.1) is 0 Å². The number of anilines is 2. The SMILES string of the molecule is Cn1ccnc1Sc1ccc(F)cc1NC(=O)CCNC(=O)Nc1ccccc1. The lowest BCUT2D eigenvalue weighted by Gasteiger charge is -2.11. The van der Waals surface area contributed by atoms with E-state index in [0.717, 1.165) is 0 Å². The maximum atomic E-state index is 13.7. The fourth-order valence-corrected chi connectivity index (χ4v) is 3.31. The van der Waals surface area contributed by atoms with Gasteiger partial charge in [-0.25, -0.2) is 14.2 Å². The molecule has 0 radical (unpaired) electrons. The summed E-state index contributed by atoms with van der Waals surface area (Å²) in [5.74, 6) is -0.790. The molecule has 3 N–H and O–H groups in total. The first-order valence-electron chi connectivity index (χ1n) is 8.86. The topological polar surface area (TPSA) is 88.1 Å². The van der Waals surface area contributed by atoms with Crippen molar-refractivity contribution in [3.05, 3.63) is 66.7 Å². The molecule has 150 valence electrons. The molecule has 0 atom stereocenters. The van der Waals surface area contributed by atoms with E-state index in [1.54, 1.807) is 30.6 Å². The third-order valence-electron chi connectivity index (χ3n) is 3.86. The van der Waals surface area contributed by atoms with Crippen LogP contribution in [0.15, 0.2) is 71.0 Å². The third kappa shape index (κ3) is 6.08. The number of carbonyl (C=O) groups excluding carboxylic acids is 2. The van der Waals surface area contributed by atoms with Crippen LogP contribution < -0.4 is 16.0 Å². The van der Waals surface area contributed by atoms with Crippen LogP contribution in [-0.4, -0.2) is 28.0 Å². The quantitative estimate of drug-likeness (QED) is 0.549. The van der Waals surface area contributed by atoms with Gasteiger partial charge >= 0.3 is 6.03 Å². The minimum absolute atomic E-state index is 0.0469. The normalized spacial score (nSPS) is 10.4. The Balaban J connectivity index is 1.53. The maximum absolute atomic E-state index is 13.7. The summed E-state index contributed by atoms with van der Waals surface area (Å²) in [6, 6.07) is 12.8. The molecule has 0 aliphatic carbocycles. The van der Waals surface area contributed by atoms with E-state index in [2.05, 4.69) is 20.9 Å². The Labute approximate surface area is 171 Å². The monoisotopic (exact) mass is 413 g/mol. The molecule has 9 heteroatoms. The highest BCUT2D eigenvalue weighted by atomic mass is 32.2. The number of rotatable bonds is 7. The highest BCUT2D eigenvalue weighted by Crippen LogP contribution is 2.32. The van der Waals surface area contributed by atoms with Crippen molar-refractivity contribution in [2.45, 2.75) is 16.5 Å². The van der Waals surface area contributed by atoms with Gasteiger partial charge in [0.25, 0.3) is 0 Å². The van der Waals surface area contributed by atoms with Crippen LogP contribution in [0.2, 0.25) is 0 Å². The van der Waals surface area contributed by atoms with Gasteiger partial charge in [-0.2, -0.15) is 0 Å². The van der Waals surface area contributed by atoms with Crippen molar-refractivity contribution in [2.75, 3.05) is 17.2 Å². The van der Waals surface area contributed by atoms with Gasteiger partial charge in [-0.05, 0) is 42.1 Å². The van der Waals surface area contributed by atoms with Gasteiger partial charge in [-0.1, -0.05) is 18.2 Å². The second-order valence-corrected chi connectivity index (χ2v) is 7.12. The van der Waals surface area contributed by atoms with Crippen molar-refractivity contribution in [1.29, 1.82) is 0 Å². The number of aromatic nitrogens is 2. The molecule has 3 rings (SSSR count). The van der Waals surface area contributed by atoms with E-state index >= 15 is 0 Å². The number of imidazole rings is 1. The van der Waals surface area contributed by atoms with Crippen LogP contribution >= 0.6 is 11.8 Å². The third-order valence-corrected chi connectivity index (χ3v) is 5.02. The molecule has 0 saturated heterocycles. The Hall–Kier alpha value is -3.33. The first-order valence-corrected chi connectivity index (χ1v) is 9.67. The van der Waals surface area contributed by atoms with Crippen molar-refractivity contribution in [3.8, 4) is 0 Å². The summed E-state index contributed by atoms with van der Waals surface area (Å²) in [6.07, 6.45) is 3.51. The number of nitrogens with zero attached hydrogens (tertiary/aromatic N) is 2. The molecule has 0 spiro atoms. The summed E-state index contributed by atoms with van der Waals surface area (Å²) in [5, 5.41) is 8.69. The first-order chi connectivity index (χ1) is 14.0. The number of halogens is 1. The molecule has 7 nitrogen and oxygen atoms in total. The maximum Gasteiger partial charge on any atom is 0.319 e. The molecule has 0 fully saturated rings. The van der Waals surface area contributed by atoms with Crippen LogP contribution in [-0.2, 0) is 11.8 Å². The second-order valence-electron chi connectivity index (χ2n) is 6.11. The van der Waals surface area contributed by atoms with Gasteiger partial charge < -0.3 is 20.5 Å². The zero-order chi connectivity index (χ0) is 20.6. The Morgan fingerprint density at radius 1 is 1.14 bits per heavy atom. The van der Waals surface area contributed by atoms with Gasteiger partial charge in [0.15, 0.2) is 5.16 Å². The number of urea groups is 1. The summed E-state index contributed by atoms with van der Waals surface area (Å²) in [5.41, 5.74) is 1.02. The number of benzene rings is 2. The van der Waals surface area contributed by atoms with Crippen molar-refractivity contribution in [1.82, 2.24) is 14.9 Å². The minimum Gasteiger partial charge on any atom is -0.337 e. The van der Waals surface area contributed by atoms with Crippen LogP contribution in [0.3, 0.4) is 0 Å². The molecule has 29 heavy (non-hydrogen) atoms. The van der Waals surface area contributed by atoms with Crippen molar-refractivity contribution >= 4 is 35.1 Å². The van der Waals surface area contributed by atoms with Crippen LogP contribution in [0.25, 0.3) is 0 Å². The lowest BCUT2D eigenvalue weighted by molar-refractivity contribution is -0.116. The number of hydrogen-bond donors (Lipinski definition) is 3. The van der Waals surface area contributed by atoms with Gasteiger partial charge in [0, 0.05) is 43.0 Å². The largest absolute Gasteiger partial charge is 0.337 e. The summed E-state index contributed by atoms with van der Waals surface area (Å²) in [6.45, 7) is 0.141. The van der Waals surface area contributed by atoms with Crippen molar-refractivity contribution in [3.63, 3.8) is 0 Å². The zero-order valence-corrected chi connectivity index (χ0v) is 16.5. The molecule has 3 amide bonds. The van der Waals surface area contributed by atoms with Gasteiger partial charge in [0.2, 0.25) is 5.91 Å². The first kappa shape index (κ1) is 20.4. The van der Waals surface area contributed by atoms with E-state index in [-0.39, 0.29) is 18.9 Å². The van der Waals surface area contributed by atoms with E-state index in [0.29, 0.717) is 21.4 Å². The van der Waals surface area contributed by atoms with E-state index < -0.39 is 11.8 Å². The Morgan fingerprint density at radius 3 is 2.66 bits per heavy atom. The molecular formula is C20H20FN5O2S. The van der Waals surface area contributed by atoms with Crippen molar-refractivity contribution in [2.24, 2.45) is 7.05 Å². The molecule has 1 heterocycles. The lowest BCUT2D eigenvalue weighted by atomic mass is 10.3. The second kappa shape index (κ2) is 9.74. The van der Waals surface area contributed by atoms with Crippen LogP contribution in [0.1, 0.15) is 6.42 Å². The summed E-state index contributed by atoms with van der Waals surface area (Å²) in [7, 11) is 1.85. The molecule has 0 aliphatic rings. The summed E-state index contributed by atoms with van der Waals surface area (Å²) < 4.78 is 15.5. The standard InChI is InChI=1S/C20H20FN5O2S/c1-26-12-11-23-20(26)29-17-8-7-14(21)13-16(17)25-18(27)9-10-22-19(28)24-15-5-3-2-4-6-15/h2-8,11-13H,9-10H2,1H3,(H,25,27)(H2,22,24,28). The number of carbonyl (C=O) groups is 2.